The number of rotatable bonds is 4. The summed E-state index contributed by atoms with van der Waals surface area (Å²) in [6, 6.07) is 0.537. The van der Waals surface area contributed by atoms with Crippen molar-refractivity contribution in [2.75, 3.05) is 5.32 Å². The Balaban J connectivity index is 1.79. The summed E-state index contributed by atoms with van der Waals surface area (Å²) in [7, 11) is 0. The first-order chi connectivity index (χ1) is 7.79. The lowest BCUT2D eigenvalue weighted by Gasteiger charge is -2.28. The maximum Gasteiger partial charge on any atom is 0.186 e. The van der Waals surface area contributed by atoms with Crippen LogP contribution in [0.1, 0.15) is 45.4 Å². The fraction of sp³-hybridized carbons (Fsp3) is 0.818. The largest absolute Gasteiger partial charge is 0.364 e. The molecular weight excluding hydrogens is 242 g/mol. The van der Waals surface area contributed by atoms with Crippen molar-refractivity contribution >= 4 is 29.1 Å². The molecule has 1 aromatic heterocycles. The van der Waals surface area contributed by atoms with E-state index >= 15 is 0 Å². The molecule has 90 valence electrons. The summed E-state index contributed by atoms with van der Waals surface area (Å²) in [6.07, 6.45) is 7.83. The van der Waals surface area contributed by atoms with Gasteiger partial charge in [0, 0.05) is 6.04 Å². The van der Waals surface area contributed by atoms with Crippen molar-refractivity contribution < 1.29 is 0 Å². The van der Waals surface area contributed by atoms with Crippen LogP contribution in [-0.4, -0.2) is 14.8 Å². The second-order valence-corrected chi connectivity index (χ2v) is 5.44. The normalized spacial score (nSPS) is 25.6. The predicted octanol–water partition coefficient (Wildman–Crippen LogP) is 3.96. The monoisotopic (exact) mass is 259 g/mol. The van der Waals surface area contributed by atoms with E-state index in [-0.39, 0.29) is 0 Å². The topological polar surface area (TPSA) is 37.8 Å². The third kappa shape index (κ3) is 3.08. The van der Waals surface area contributed by atoms with Crippen LogP contribution in [0.15, 0.2) is 0 Å². The molecule has 1 fully saturated rings. The zero-order valence-corrected chi connectivity index (χ0v) is 11.2. The molecule has 0 saturated heterocycles. The maximum atomic E-state index is 5.91. The minimum absolute atomic E-state index is 0.515. The standard InChI is InChI=1S/C11H18ClN3S/c1-2-3-8-4-6-9(7-5-8)13-11-10(12)14-16-15-11/h8-9H,2-7H2,1H3,(H,13,15). The Hall–Kier alpha value is -0.350. The molecule has 0 bridgehead atoms. The van der Waals surface area contributed by atoms with Gasteiger partial charge in [0.15, 0.2) is 11.0 Å². The van der Waals surface area contributed by atoms with Crippen LogP contribution in [0, 0.1) is 5.92 Å². The lowest BCUT2D eigenvalue weighted by molar-refractivity contribution is 0.318. The molecule has 5 heteroatoms. The van der Waals surface area contributed by atoms with Crippen LogP contribution in [0.25, 0.3) is 0 Å². The predicted molar refractivity (Wildman–Crippen MR) is 69.2 cm³/mol. The van der Waals surface area contributed by atoms with Gasteiger partial charge in [0.1, 0.15) is 0 Å². The van der Waals surface area contributed by atoms with E-state index in [2.05, 4.69) is 21.0 Å². The molecule has 0 radical (unpaired) electrons. The fourth-order valence-corrected chi connectivity index (χ4v) is 3.12. The average Bonchev–Trinajstić information content (AvgIpc) is 2.68. The summed E-state index contributed by atoms with van der Waals surface area (Å²) in [6.45, 7) is 2.27. The van der Waals surface area contributed by atoms with Crippen molar-refractivity contribution in [2.45, 2.75) is 51.5 Å². The molecule has 2 rings (SSSR count). The number of nitrogens with one attached hydrogen (secondary N) is 1. The zero-order valence-electron chi connectivity index (χ0n) is 9.58. The van der Waals surface area contributed by atoms with Gasteiger partial charge in [-0.25, -0.2) is 0 Å². The van der Waals surface area contributed by atoms with Gasteiger partial charge < -0.3 is 5.32 Å². The van der Waals surface area contributed by atoms with Crippen LogP contribution in [0.4, 0.5) is 5.82 Å². The lowest BCUT2D eigenvalue weighted by atomic mass is 9.83. The van der Waals surface area contributed by atoms with Crippen LogP contribution in [0.5, 0.6) is 0 Å². The van der Waals surface area contributed by atoms with Crippen LogP contribution < -0.4 is 5.32 Å². The second kappa shape index (κ2) is 5.82. The molecule has 0 unspecified atom stereocenters. The summed E-state index contributed by atoms with van der Waals surface area (Å²) in [4.78, 5) is 0. The van der Waals surface area contributed by atoms with Crippen LogP contribution >= 0.6 is 23.3 Å². The molecule has 1 N–H and O–H groups in total. The second-order valence-electron chi connectivity index (χ2n) is 4.55. The number of nitrogens with zero attached hydrogens (tertiary/aromatic N) is 2. The van der Waals surface area contributed by atoms with Gasteiger partial charge in [-0.2, -0.15) is 8.75 Å². The Labute approximate surface area is 106 Å². The quantitative estimate of drug-likeness (QED) is 0.889. The van der Waals surface area contributed by atoms with E-state index in [1.165, 1.54) is 50.3 Å². The molecule has 1 aliphatic rings. The summed E-state index contributed by atoms with van der Waals surface area (Å²) in [5.74, 6) is 1.71. The first kappa shape index (κ1) is 12.1. The highest BCUT2D eigenvalue weighted by molar-refractivity contribution is 6.99. The van der Waals surface area contributed by atoms with Crippen LogP contribution in [-0.2, 0) is 0 Å². The minimum atomic E-state index is 0.515. The molecule has 1 saturated carbocycles. The van der Waals surface area contributed by atoms with Gasteiger partial charge in [-0.05, 0) is 31.6 Å². The fourth-order valence-electron chi connectivity index (χ4n) is 2.46. The smallest absolute Gasteiger partial charge is 0.186 e. The summed E-state index contributed by atoms with van der Waals surface area (Å²) >= 11 is 7.08. The van der Waals surface area contributed by atoms with Crippen LogP contribution in [0.3, 0.4) is 0 Å². The molecule has 0 spiro atoms. The third-order valence-corrected chi connectivity index (χ3v) is 4.23. The average molecular weight is 260 g/mol. The number of aromatic nitrogens is 2. The summed E-state index contributed by atoms with van der Waals surface area (Å²) < 4.78 is 8.11. The molecule has 0 aromatic carbocycles. The van der Waals surface area contributed by atoms with Crippen molar-refractivity contribution in [3.8, 4) is 0 Å². The van der Waals surface area contributed by atoms with E-state index in [0.29, 0.717) is 11.2 Å². The van der Waals surface area contributed by atoms with Crippen molar-refractivity contribution in [1.82, 2.24) is 8.75 Å². The first-order valence-corrected chi connectivity index (χ1v) is 7.15. The zero-order chi connectivity index (χ0) is 11.4. The van der Waals surface area contributed by atoms with Gasteiger partial charge in [-0.1, -0.05) is 31.4 Å². The molecule has 0 atom stereocenters. The summed E-state index contributed by atoms with van der Waals surface area (Å²) in [5, 5.41) is 3.91. The van der Waals surface area contributed by atoms with E-state index in [0.717, 1.165) is 11.7 Å². The van der Waals surface area contributed by atoms with Crippen molar-refractivity contribution in [3.63, 3.8) is 0 Å². The van der Waals surface area contributed by atoms with E-state index in [1.54, 1.807) is 0 Å². The lowest BCUT2D eigenvalue weighted by Crippen LogP contribution is -2.26. The highest BCUT2D eigenvalue weighted by Crippen LogP contribution is 2.30. The molecule has 1 aromatic rings. The molecule has 1 heterocycles. The van der Waals surface area contributed by atoms with E-state index in [4.69, 9.17) is 11.6 Å². The minimum Gasteiger partial charge on any atom is -0.364 e. The van der Waals surface area contributed by atoms with E-state index in [1.807, 2.05) is 0 Å². The van der Waals surface area contributed by atoms with Crippen molar-refractivity contribution in [3.05, 3.63) is 5.15 Å². The Bertz CT molecular complexity index is 321. The molecule has 0 amide bonds. The number of anilines is 1. The Morgan fingerprint density at radius 1 is 1.31 bits per heavy atom. The number of hydrogen-bond donors (Lipinski definition) is 1. The molecule has 1 aliphatic carbocycles. The van der Waals surface area contributed by atoms with E-state index in [9.17, 15) is 0 Å². The van der Waals surface area contributed by atoms with Gasteiger partial charge in [0.2, 0.25) is 0 Å². The molecule has 3 nitrogen and oxygen atoms in total. The van der Waals surface area contributed by atoms with Gasteiger partial charge in [0.05, 0.1) is 11.7 Å². The van der Waals surface area contributed by atoms with Gasteiger partial charge in [-0.3, -0.25) is 0 Å². The maximum absolute atomic E-state index is 5.91. The molecule has 0 aliphatic heterocycles. The Morgan fingerprint density at radius 3 is 2.62 bits per heavy atom. The molecular formula is C11H18ClN3S. The third-order valence-electron chi connectivity index (χ3n) is 3.33. The van der Waals surface area contributed by atoms with E-state index < -0.39 is 0 Å². The Morgan fingerprint density at radius 2 is 2.06 bits per heavy atom. The first-order valence-electron chi connectivity index (χ1n) is 6.04. The Kier molecular flexibility index (Phi) is 4.41. The van der Waals surface area contributed by atoms with Crippen LogP contribution in [0.2, 0.25) is 5.15 Å². The van der Waals surface area contributed by atoms with Crippen molar-refractivity contribution in [1.29, 1.82) is 0 Å². The van der Waals surface area contributed by atoms with Gasteiger partial charge in [0.25, 0.3) is 0 Å². The number of hydrogen-bond acceptors (Lipinski definition) is 4. The highest BCUT2D eigenvalue weighted by Gasteiger charge is 2.21. The molecule has 16 heavy (non-hydrogen) atoms. The van der Waals surface area contributed by atoms with Gasteiger partial charge >= 0.3 is 0 Å². The number of halogens is 1. The van der Waals surface area contributed by atoms with Gasteiger partial charge in [-0.15, -0.1) is 0 Å². The highest BCUT2D eigenvalue weighted by atomic mass is 35.5. The summed E-state index contributed by atoms with van der Waals surface area (Å²) in [5.41, 5.74) is 0. The van der Waals surface area contributed by atoms with Crippen molar-refractivity contribution in [2.24, 2.45) is 5.92 Å². The SMILES string of the molecule is CCCC1CCC(Nc2nsnc2Cl)CC1.